The minimum absolute atomic E-state index is 0.0330. The zero-order valence-electron chi connectivity index (χ0n) is 13.2. The topological polar surface area (TPSA) is 57.2 Å². The van der Waals surface area contributed by atoms with Gasteiger partial charge in [0.1, 0.15) is 15.7 Å². The third kappa shape index (κ3) is 1.95. The molecule has 25 heavy (non-hydrogen) atoms. The third-order valence-electron chi connectivity index (χ3n) is 5.14. The van der Waals surface area contributed by atoms with Gasteiger partial charge in [0, 0.05) is 23.1 Å². The van der Waals surface area contributed by atoms with Gasteiger partial charge in [-0.15, -0.1) is 10.8 Å². The number of hydrogen-bond donors (Lipinski definition) is 0. The highest BCUT2D eigenvalue weighted by molar-refractivity contribution is 7.91. The Hall–Kier alpha value is -2.56. The second-order valence-corrected chi connectivity index (χ2v) is 8.01. The molecule has 3 aliphatic rings. The third-order valence-corrected chi connectivity index (χ3v) is 6.96. The Labute approximate surface area is 147 Å². The SMILES string of the molecule is O=C1c2ccccc2Cc2c1ccc1c2[SH+]([O-])=C2C=CC=CC2C1=O. The van der Waals surface area contributed by atoms with Crippen molar-refractivity contribution in [3.63, 3.8) is 0 Å². The lowest BCUT2D eigenvalue weighted by atomic mass is 9.82. The maximum Gasteiger partial charge on any atom is 0.193 e. The second kappa shape index (κ2) is 5.22. The van der Waals surface area contributed by atoms with Crippen molar-refractivity contribution in [1.82, 2.24) is 0 Å². The molecular formula is C21H14O3S. The van der Waals surface area contributed by atoms with E-state index in [0.29, 0.717) is 32.9 Å². The van der Waals surface area contributed by atoms with Crippen molar-refractivity contribution in [2.75, 3.05) is 0 Å². The van der Waals surface area contributed by atoms with Crippen molar-refractivity contribution in [2.45, 2.75) is 11.3 Å². The van der Waals surface area contributed by atoms with Gasteiger partial charge in [0.05, 0.1) is 5.56 Å². The smallest absolute Gasteiger partial charge is 0.193 e. The molecule has 0 aromatic heterocycles. The first-order valence-corrected chi connectivity index (χ1v) is 9.44. The number of fused-ring (bicyclic) bond motifs is 5. The molecule has 2 aromatic rings. The van der Waals surface area contributed by atoms with Gasteiger partial charge in [0.15, 0.2) is 11.6 Å². The molecule has 0 radical (unpaired) electrons. The average molecular weight is 346 g/mol. The second-order valence-electron chi connectivity index (χ2n) is 6.46. The van der Waals surface area contributed by atoms with Crippen LogP contribution in [0.15, 0.2) is 65.6 Å². The van der Waals surface area contributed by atoms with Crippen LogP contribution in [0.5, 0.6) is 0 Å². The number of carbonyl (C=O) groups is 2. The fraction of sp³-hybridized carbons (Fsp3) is 0.0952. The summed E-state index contributed by atoms with van der Waals surface area (Å²) < 4.78 is 13.2. The maximum atomic E-state index is 13.2. The molecule has 4 heteroatoms. The molecule has 2 aromatic carbocycles. The number of carbonyl (C=O) groups excluding carboxylic acids is 2. The monoisotopic (exact) mass is 346 g/mol. The quantitative estimate of drug-likeness (QED) is 0.357. The first kappa shape index (κ1) is 14.8. The summed E-state index contributed by atoms with van der Waals surface area (Å²) in [6.07, 6.45) is 7.74. The van der Waals surface area contributed by atoms with Crippen molar-refractivity contribution < 1.29 is 14.1 Å². The van der Waals surface area contributed by atoms with Crippen molar-refractivity contribution in [3.8, 4) is 0 Å². The molecular weight excluding hydrogens is 332 g/mol. The summed E-state index contributed by atoms with van der Waals surface area (Å²) in [6, 6.07) is 10.9. The fourth-order valence-corrected chi connectivity index (χ4v) is 5.72. The molecule has 3 nitrogen and oxygen atoms in total. The lowest BCUT2D eigenvalue weighted by Crippen LogP contribution is -2.33. The molecule has 1 aliphatic heterocycles. The largest absolute Gasteiger partial charge is 0.646 e. The van der Waals surface area contributed by atoms with Crippen LogP contribution in [0.25, 0.3) is 0 Å². The Kier molecular flexibility index (Phi) is 3.08. The summed E-state index contributed by atoms with van der Waals surface area (Å²) in [5, 5.41) is 0. The van der Waals surface area contributed by atoms with Gasteiger partial charge in [-0.1, -0.05) is 42.5 Å². The molecule has 0 amide bonds. The number of rotatable bonds is 0. The van der Waals surface area contributed by atoms with Crippen molar-refractivity contribution >= 4 is 27.2 Å². The zero-order chi connectivity index (χ0) is 17.1. The van der Waals surface area contributed by atoms with Crippen molar-refractivity contribution in [2.24, 2.45) is 5.92 Å². The lowest BCUT2D eigenvalue weighted by molar-refractivity contribution is 0.0966. The van der Waals surface area contributed by atoms with Gasteiger partial charge in [-0.3, -0.25) is 9.59 Å². The molecule has 0 saturated heterocycles. The van der Waals surface area contributed by atoms with Crippen LogP contribution in [-0.4, -0.2) is 21.0 Å². The fourth-order valence-electron chi connectivity index (χ4n) is 3.93. The lowest BCUT2D eigenvalue weighted by Gasteiger charge is -2.29. The van der Waals surface area contributed by atoms with E-state index in [9.17, 15) is 14.1 Å². The highest BCUT2D eigenvalue weighted by Crippen LogP contribution is 2.37. The molecule has 0 N–H and O–H groups in total. The first-order chi connectivity index (χ1) is 12.2. The predicted molar refractivity (Wildman–Crippen MR) is 98.0 cm³/mol. The Morgan fingerprint density at radius 3 is 2.64 bits per heavy atom. The number of Topliss-reactive ketones (excluding diaryl/α,β-unsaturated/α-hetero) is 1. The van der Waals surface area contributed by atoms with Gasteiger partial charge >= 0.3 is 0 Å². The van der Waals surface area contributed by atoms with Gasteiger partial charge in [0.25, 0.3) is 0 Å². The number of hydrogen-bond acceptors (Lipinski definition) is 3. The van der Waals surface area contributed by atoms with Crippen LogP contribution >= 0.6 is 0 Å². The summed E-state index contributed by atoms with van der Waals surface area (Å²) in [4.78, 5) is 27.0. The van der Waals surface area contributed by atoms with Crippen LogP contribution < -0.4 is 0 Å². The minimum Gasteiger partial charge on any atom is -0.646 e. The molecule has 1 heterocycles. The van der Waals surface area contributed by atoms with Gasteiger partial charge in [-0.2, -0.15) is 0 Å². The summed E-state index contributed by atoms with van der Waals surface area (Å²) in [7, 11) is -1.86. The summed E-state index contributed by atoms with van der Waals surface area (Å²) in [6.45, 7) is 0. The molecule has 2 aliphatic carbocycles. The zero-order valence-corrected chi connectivity index (χ0v) is 14.1. The van der Waals surface area contributed by atoms with Crippen LogP contribution in [0, 0.1) is 5.92 Å². The standard InChI is InChI=1S/C21H14O3S/c22-19-13-6-2-1-5-12(13)11-17-14(19)9-10-16-20(23)15-7-3-4-8-18(15)25(24)21(16)17/h1-10,15,25H,11H2. The Morgan fingerprint density at radius 2 is 1.76 bits per heavy atom. The van der Waals surface area contributed by atoms with E-state index in [4.69, 9.17) is 0 Å². The predicted octanol–water partition coefficient (Wildman–Crippen LogP) is 2.77. The van der Waals surface area contributed by atoms with E-state index in [1.807, 2.05) is 36.4 Å². The van der Waals surface area contributed by atoms with Crippen LogP contribution in [0.1, 0.15) is 37.4 Å². The van der Waals surface area contributed by atoms with Gasteiger partial charge in [0.2, 0.25) is 0 Å². The molecule has 0 spiro atoms. The number of ketones is 2. The van der Waals surface area contributed by atoms with E-state index in [2.05, 4.69) is 0 Å². The Morgan fingerprint density at radius 1 is 0.960 bits per heavy atom. The van der Waals surface area contributed by atoms with Crippen LogP contribution in [0.4, 0.5) is 0 Å². The van der Waals surface area contributed by atoms with Gasteiger partial charge in [-0.25, -0.2) is 0 Å². The van der Waals surface area contributed by atoms with Gasteiger partial charge in [-0.05, 0) is 23.8 Å². The van der Waals surface area contributed by atoms with E-state index < -0.39 is 16.7 Å². The molecule has 0 saturated carbocycles. The van der Waals surface area contributed by atoms with E-state index in [1.54, 1.807) is 24.3 Å². The highest BCUT2D eigenvalue weighted by Gasteiger charge is 2.38. The minimum atomic E-state index is -1.86. The molecule has 2 unspecified atom stereocenters. The molecule has 0 fully saturated rings. The number of thiol groups is 1. The first-order valence-electron chi connectivity index (χ1n) is 8.18. The van der Waals surface area contributed by atoms with E-state index in [0.717, 1.165) is 11.1 Å². The molecule has 122 valence electrons. The van der Waals surface area contributed by atoms with Crippen LogP contribution in [0.2, 0.25) is 0 Å². The molecule has 0 bridgehead atoms. The number of benzene rings is 2. The summed E-state index contributed by atoms with van der Waals surface area (Å²) in [5.74, 6) is -0.526. The Bertz CT molecular complexity index is 1070. The summed E-state index contributed by atoms with van der Waals surface area (Å²) in [5.41, 5.74) is 3.45. The summed E-state index contributed by atoms with van der Waals surface area (Å²) >= 11 is 0. The number of allylic oxidation sites excluding steroid dienone is 4. The van der Waals surface area contributed by atoms with Crippen molar-refractivity contribution in [3.05, 3.63) is 88.5 Å². The van der Waals surface area contributed by atoms with Crippen molar-refractivity contribution in [1.29, 1.82) is 0 Å². The normalized spacial score (nSPS) is 23.0. The molecule has 5 rings (SSSR count). The van der Waals surface area contributed by atoms with E-state index in [1.165, 1.54) is 0 Å². The van der Waals surface area contributed by atoms with Gasteiger partial charge < -0.3 is 4.55 Å². The Balaban J connectivity index is 1.80. The maximum absolute atomic E-state index is 13.2. The van der Waals surface area contributed by atoms with E-state index >= 15 is 0 Å². The molecule has 2 atom stereocenters. The average Bonchev–Trinajstić information content (AvgIpc) is 2.65. The van der Waals surface area contributed by atoms with E-state index in [-0.39, 0.29) is 11.6 Å². The highest BCUT2D eigenvalue weighted by atomic mass is 32.2. The van der Waals surface area contributed by atoms with Crippen LogP contribution in [-0.2, 0) is 17.2 Å². The van der Waals surface area contributed by atoms with Crippen LogP contribution in [0.3, 0.4) is 0 Å².